The van der Waals surface area contributed by atoms with Crippen molar-refractivity contribution < 1.29 is 32.7 Å². The van der Waals surface area contributed by atoms with E-state index in [2.05, 4.69) is 5.16 Å². The van der Waals surface area contributed by atoms with Gasteiger partial charge in [-0.2, -0.15) is 0 Å². The molecule has 0 N–H and O–H groups in total. The first-order chi connectivity index (χ1) is 15.5. The number of halogens is 1. The molecule has 0 spiro atoms. The highest BCUT2D eigenvalue weighted by Crippen LogP contribution is 2.40. The molecule has 3 atom stereocenters. The second kappa shape index (κ2) is 8.32. The lowest BCUT2D eigenvalue weighted by Gasteiger charge is -2.37. The van der Waals surface area contributed by atoms with E-state index in [4.69, 9.17) is 18.7 Å². The maximum absolute atomic E-state index is 15.7. The minimum absolute atomic E-state index is 0.0853. The molecule has 3 fully saturated rings. The van der Waals surface area contributed by atoms with E-state index in [0.717, 1.165) is 12.8 Å². The van der Waals surface area contributed by atoms with E-state index >= 15 is 4.39 Å². The summed E-state index contributed by atoms with van der Waals surface area (Å²) in [5.41, 5.74) is 0.260. The van der Waals surface area contributed by atoms with Crippen molar-refractivity contribution in [2.75, 3.05) is 42.7 Å². The van der Waals surface area contributed by atoms with Crippen molar-refractivity contribution in [2.45, 2.75) is 44.9 Å². The number of cyclic esters (lactones) is 1. The number of aromatic nitrogens is 1. The predicted octanol–water partition coefficient (Wildman–Crippen LogP) is 3.14. The van der Waals surface area contributed by atoms with E-state index in [1.165, 1.54) is 4.90 Å². The third-order valence-corrected chi connectivity index (χ3v) is 6.50. The molecule has 2 aromatic rings. The number of nitrogens with zero attached hydrogens (tertiary/aromatic N) is 3. The zero-order valence-electron chi connectivity index (χ0n) is 18.1. The lowest BCUT2D eigenvalue weighted by atomic mass is 9.91. The van der Waals surface area contributed by atoms with Crippen molar-refractivity contribution in [2.24, 2.45) is 5.92 Å². The summed E-state index contributed by atoms with van der Waals surface area (Å²) in [6, 6.07) is 1.30. The molecule has 1 aromatic heterocycles. The number of fused-ring (bicyclic) bond motifs is 1. The SMILES string of the molecule is C[C@@H]1CN(c2c(C=O)cc3c(N4C(=O)OCC4C4CCOCC4)noc3c2F)C[C@@H](C)O1. The fraction of sp³-hybridized carbons (Fsp3) is 0.591. The number of anilines is 2. The molecule has 0 bridgehead atoms. The molecule has 5 rings (SSSR count). The lowest BCUT2D eigenvalue weighted by molar-refractivity contribution is -0.00543. The monoisotopic (exact) mass is 447 g/mol. The summed E-state index contributed by atoms with van der Waals surface area (Å²) in [5, 5.41) is 4.32. The summed E-state index contributed by atoms with van der Waals surface area (Å²) in [6.45, 7) is 6.16. The van der Waals surface area contributed by atoms with E-state index in [1.54, 1.807) is 11.0 Å². The average Bonchev–Trinajstić information content (AvgIpc) is 3.36. The van der Waals surface area contributed by atoms with Crippen LogP contribution in [0.5, 0.6) is 0 Å². The summed E-state index contributed by atoms with van der Waals surface area (Å²) in [5.74, 6) is -0.316. The summed E-state index contributed by atoms with van der Waals surface area (Å²) < 4.78 is 37.5. The molecule has 3 saturated heterocycles. The normalized spacial score (nSPS) is 27.2. The third-order valence-electron chi connectivity index (χ3n) is 6.50. The number of aldehydes is 1. The van der Waals surface area contributed by atoms with Crippen molar-refractivity contribution in [1.82, 2.24) is 5.16 Å². The van der Waals surface area contributed by atoms with Gasteiger partial charge in [-0.1, -0.05) is 5.16 Å². The van der Waals surface area contributed by atoms with E-state index in [9.17, 15) is 9.59 Å². The Bertz CT molecular complexity index is 1030. The molecule has 10 heteroatoms. The zero-order chi connectivity index (χ0) is 22.4. The van der Waals surface area contributed by atoms with Crippen LogP contribution >= 0.6 is 0 Å². The molecule has 172 valence electrons. The van der Waals surface area contributed by atoms with Gasteiger partial charge in [0.05, 0.1) is 29.3 Å². The highest BCUT2D eigenvalue weighted by Gasteiger charge is 2.42. The van der Waals surface area contributed by atoms with Crippen LogP contribution in [0.4, 0.5) is 20.7 Å². The number of carbonyl (C=O) groups excluding carboxylic acids is 2. The van der Waals surface area contributed by atoms with Crippen LogP contribution in [0.3, 0.4) is 0 Å². The van der Waals surface area contributed by atoms with Crippen molar-refractivity contribution in [3.8, 4) is 0 Å². The molecular weight excluding hydrogens is 421 g/mol. The Labute approximate surface area is 184 Å². The van der Waals surface area contributed by atoms with Gasteiger partial charge in [0.2, 0.25) is 5.58 Å². The molecule has 32 heavy (non-hydrogen) atoms. The maximum atomic E-state index is 15.7. The van der Waals surface area contributed by atoms with Crippen LogP contribution in [0.25, 0.3) is 11.0 Å². The van der Waals surface area contributed by atoms with Crippen LogP contribution in [0.2, 0.25) is 0 Å². The van der Waals surface area contributed by atoms with Crippen LogP contribution in [0.15, 0.2) is 10.6 Å². The van der Waals surface area contributed by atoms with Gasteiger partial charge in [0, 0.05) is 31.9 Å². The van der Waals surface area contributed by atoms with Gasteiger partial charge in [0.25, 0.3) is 0 Å². The molecule has 9 nitrogen and oxygen atoms in total. The Hall–Kier alpha value is -2.72. The van der Waals surface area contributed by atoms with Crippen molar-refractivity contribution >= 4 is 34.9 Å². The largest absolute Gasteiger partial charge is 0.447 e. The molecule has 3 aliphatic rings. The number of hydrogen-bond acceptors (Lipinski definition) is 8. The van der Waals surface area contributed by atoms with Gasteiger partial charge < -0.3 is 23.6 Å². The van der Waals surface area contributed by atoms with Gasteiger partial charge in [-0.05, 0) is 38.7 Å². The summed E-state index contributed by atoms with van der Waals surface area (Å²) in [6.07, 6.45) is 1.43. The number of rotatable bonds is 4. The molecule has 3 aliphatic heterocycles. The fourth-order valence-corrected chi connectivity index (χ4v) is 5.11. The van der Waals surface area contributed by atoms with Gasteiger partial charge in [0.1, 0.15) is 6.61 Å². The summed E-state index contributed by atoms with van der Waals surface area (Å²) in [7, 11) is 0. The number of amides is 1. The molecule has 1 aromatic carbocycles. The van der Waals surface area contributed by atoms with Crippen LogP contribution in [0, 0.1) is 11.7 Å². The Balaban J connectivity index is 1.57. The fourth-order valence-electron chi connectivity index (χ4n) is 5.11. The highest BCUT2D eigenvalue weighted by molar-refractivity contribution is 6.03. The predicted molar refractivity (Wildman–Crippen MR) is 113 cm³/mol. The van der Waals surface area contributed by atoms with Crippen LogP contribution in [0.1, 0.15) is 37.0 Å². The van der Waals surface area contributed by atoms with Gasteiger partial charge >= 0.3 is 6.09 Å². The van der Waals surface area contributed by atoms with Crippen molar-refractivity contribution in [3.63, 3.8) is 0 Å². The zero-order valence-corrected chi connectivity index (χ0v) is 18.1. The molecule has 1 unspecified atom stereocenters. The standard InChI is InChI=1S/C22H26FN3O6/c1-12-8-25(9-13(2)31-12)19-15(10-27)7-16-20(18(19)23)32-24-21(16)26-17(11-30-22(26)28)14-3-5-29-6-4-14/h7,10,12-14,17H,3-6,8-9,11H2,1-2H3/t12-,13-,17?/m1/s1. The second-order valence-corrected chi connectivity index (χ2v) is 8.76. The van der Waals surface area contributed by atoms with E-state index in [1.807, 2.05) is 13.8 Å². The minimum atomic E-state index is -0.667. The number of carbonyl (C=O) groups is 2. The Morgan fingerprint density at radius 3 is 2.59 bits per heavy atom. The summed E-state index contributed by atoms with van der Waals surface area (Å²) >= 11 is 0. The molecule has 4 heterocycles. The van der Waals surface area contributed by atoms with Gasteiger partial charge in [-0.25, -0.2) is 9.18 Å². The smallest absolute Gasteiger partial charge is 0.416 e. The van der Waals surface area contributed by atoms with Crippen molar-refractivity contribution in [3.05, 3.63) is 17.4 Å². The quantitative estimate of drug-likeness (QED) is 0.660. The van der Waals surface area contributed by atoms with Gasteiger partial charge in [-0.3, -0.25) is 9.69 Å². The number of ether oxygens (including phenoxy) is 3. The first-order valence-corrected chi connectivity index (χ1v) is 11.0. The topological polar surface area (TPSA) is 94.3 Å². The Kier molecular flexibility index (Phi) is 5.50. The number of hydrogen-bond donors (Lipinski definition) is 0. The maximum Gasteiger partial charge on any atom is 0.416 e. The van der Waals surface area contributed by atoms with Gasteiger partial charge in [-0.15, -0.1) is 0 Å². The molecule has 0 saturated carbocycles. The first-order valence-electron chi connectivity index (χ1n) is 11.0. The highest BCUT2D eigenvalue weighted by atomic mass is 19.1. The van der Waals surface area contributed by atoms with Crippen LogP contribution < -0.4 is 9.80 Å². The Morgan fingerprint density at radius 2 is 1.91 bits per heavy atom. The number of morpholine rings is 1. The van der Waals surface area contributed by atoms with Crippen LogP contribution in [-0.4, -0.2) is 68.7 Å². The van der Waals surface area contributed by atoms with Gasteiger partial charge in [0.15, 0.2) is 17.9 Å². The van der Waals surface area contributed by atoms with Crippen LogP contribution in [-0.2, 0) is 14.2 Å². The second-order valence-electron chi connectivity index (χ2n) is 8.76. The number of benzene rings is 1. The third kappa shape index (κ3) is 3.51. The Morgan fingerprint density at radius 1 is 1.19 bits per heavy atom. The molecular formula is C22H26FN3O6. The molecule has 0 aliphatic carbocycles. The van der Waals surface area contributed by atoms with E-state index in [0.29, 0.717) is 32.6 Å². The summed E-state index contributed by atoms with van der Waals surface area (Å²) in [4.78, 5) is 27.8. The molecule has 1 amide bonds. The van der Waals surface area contributed by atoms with Crippen molar-refractivity contribution in [1.29, 1.82) is 0 Å². The molecule has 0 radical (unpaired) electrons. The lowest BCUT2D eigenvalue weighted by Crippen LogP contribution is -2.46. The van der Waals surface area contributed by atoms with E-state index in [-0.39, 0.29) is 58.8 Å². The average molecular weight is 447 g/mol. The van der Waals surface area contributed by atoms with E-state index < -0.39 is 11.9 Å². The minimum Gasteiger partial charge on any atom is -0.447 e. The first kappa shape index (κ1) is 21.1.